The fourth-order valence-corrected chi connectivity index (χ4v) is 4.12. The number of para-hydroxylation sites is 1. The molecule has 2 rings (SSSR count). The first-order valence-corrected chi connectivity index (χ1v) is 8.55. The molecule has 0 saturated carbocycles. The molecule has 1 N–H and O–H groups in total. The van der Waals surface area contributed by atoms with E-state index >= 15 is 0 Å². The zero-order chi connectivity index (χ0) is 14.0. The highest BCUT2D eigenvalue weighted by Gasteiger charge is 2.35. The van der Waals surface area contributed by atoms with Gasteiger partial charge in [-0.15, -0.1) is 0 Å². The van der Waals surface area contributed by atoms with Gasteiger partial charge in [0, 0.05) is 33.6 Å². The lowest BCUT2D eigenvalue weighted by molar-refractivity contribution is 0.275. The van der Waals surface area contributed by atoms with Gasteiger partial charge < -0.3 is 10.2 Å². The molecule has 2 nitrogen and oxygen atoms in total. The molecule has 2 unspecified atom stereocenters. The van der Waals surface area contributed by atoms with E-state index in [1.807, 2.05) is 0 Å². The average molecular weight is 390 g/mol. The van der Waals surface area contributed by atoms with E-state index < -0.39 is 0 Å². The van der Waals surface area contributed by atoms with Crippen molar-refractivity contribution in [3.8, 4) is 0 Å². The number of hydrogen-bond donors (Lipinski definition) is 1. The number of nitrogens with zero attached hydrogens (tertiary/aromatic N) is 1. The van der Waals surface area contributed by atoms with Gasteiger partial charge >= 0.3 is 0 Å². The van der Waals surface area contributed by atoms with Crippen LogP contribution in [0, 0.1) is 0 Å². The summed E-state index contributed by atoms with van der Waals surface area (Å²) in [5, 5.41) is 3.71. The second-order valence-electron chi connectivity index (χ2n) is 5.56. The Labute approximate surface area is 133 Å². The predicted octanol–water partition coefficient (Wildman–Crippen LogP) is 4.57. The van der Waals surface area contributed by atoms with Crippen molar-refractivity contribution < 1.29 is 0 Å². The van der Waals surface area contributed by atoms with E-state index in [9.17, 15) is 0 Å². The van der Waals surface area contributed by atoms with Crippen molar-refractivity contribution >= 4 is 37.5 Å². The lowest BCUT2D eigenvalue weighted by Gasteiger charge is -2.47. The summed E-state index contributed by atoms with van der Waals surface area (Å²) >= 11 is 7.41. The molecule has 1 saturated heterocycles. The zero-order valence-electron chi connectivity index (χ0n) is 11.8. The molecule has 0 bridgehead atoms. The van der Waals surface area contributed by atoms with Crippen LogP contribution in [0.2, 0.25) is 0 Å². The Hall–Kier alpha value is -0.0600. The fourth-order valence-electron chi connectivity index (χ4n) is 2.66. The maximum Gasteiger partial charge on any atom is 0.0658 e. The second-order valence-corrected chi connectivity index (χ2v) is 7.26. The molecule has 106 valence electrons. The lowest BCUT2D eigenvalue weighted by atomic mass is 9.92. The Kier molecular flexibility index (Phi) is 4.96. The van der Waals surface area contributed by atoms with Gasteiger partial charge in [0.25, 0.3) is 0 Å². The van der Waals surface area contributed by atoms with Crippen LogP contribution < -0.4 is 10.2 Å². The molecule has 0 aliphatic carbocycles. The normalized spacial score (nSPS) is 27.6. The minimum absolute atomic E-state index is 0.195. The molecule has 2 atom stereocenters. The Balaban J connectivity index is 2.38. The molecule has 1 aliphatic rings. The van der Waals surface area contributed by atoms with Crippen LogP contribution in [0.5, 0.6) is 0 Å². The Bertz CT molecular complexity index is 430. The molecule has 0 amide bonds. The maximum absolute atomic E-state index is 3.71. The topological polar surface area (TPSA) is 15.3 Å². The highest BCUT2D eigenvalue weighted by molar-refractivity contribution is 9.11. The van der Waals surface area contributed by atoms with Gasteiger partial charge in [-0.2, -0.15) is 0 Å². The van der Waals surface area contributed by atoms with Gasteiger partial charge in [-0.25, -0.2) is 0 Å². The number of nitrogens with one attached hydrogen (secondary N) is 1. The second kappa shape index (κ2) is 6.15. The molecule has 19 heavy (non-hydrogen) atoms. The third kappa shape index (κ3) is 3.17. The van der Waals surface area contributed by atoms with Crippen molar-refractivity contribution in [2.75, 3.05) is 18.0 Å². The summed E-state index contributed by atoms with van der Waals surface area (Å²) in [4.78, 5) is 2.55. The third-order valence-corrected chi connectivity index (χ3v) is 5.48. The standard InChI is InChI=1S/C15H22Br2N2/c1-4-11-9-18-15(3,5-2)10-19(11)14-12(16)7-6-8-13(14)17/h6-8,11,18H,4-5,9-10H2,1-3H3. The number of benzene rings is 1. The summed E-state index contributed by atoms with van der Waals surface area (Å²) in [6, 6.07) is 6.87. The molecular weight excluding hydrogens is 368 g/mol. The Morgan fingerprint density at radius 2 is 1.95 bits per heavy atom. The summed E-state index contributed by atoms with van der Waals surface area (Å²) in [6.07, 6.45) is 2.29. The van der Waals surface area contributed by atoms with E-state index in [4.69, 9.17) is 0 Å². The lowest BCUT2D eigenvalue weighted by Crippen LogP contribution is -2.63. The number of anilines is 1. The van der Waals surface area contributed by atoms with E-state index in [0.717, 1.165) is 25.9 Å². The Morgan fingerprint density at radius 3 is 2.47 bits per heavy atom. The first-order chi connectivity index (χ1) is 9.00. The van der Waals surface area contributed by atoms with Crippen molar-refractivity contribution in [3.63, 3.8) is 0 Å². The van der Waals surface area contributed by atoms with Crippen LogP contribution >= 0.6 is 31.9 Å². The molecule has 1 fully saturated rings. The van der Waals surface area contributed by atoms with Crippen LogP contribution in [-0.4, -0.2) is 24.7 Å². The molecule has 4 heteroatoms. The van der Waals surface area contributed by atoms with Crippen LogP contribution in [0.4, 0.5) is 5.69 Å². The summed E-state index contributed by atoms with van der Waals surface area (Å²) in [5.41, 5.74) is 1.48. The Morgan fingerprint density at radius 1 is 1.32 bits per heavy atom. The zero-order valence-corrected chi connectivity index (χ0v) is 15.0. The van der Waals surface area contributed by atoms with Gasteiger partial charge in [-0.3, -0.25) is 0 Å². The molecular formula is C15H22Br2N2. The minimum Gasteiger partial charge on any atom is -0.364 e. The van der Waals surface area contributed by atoms with E-state index in [-0.39, 0.29) is 5.54 Å². The van der Waals surface area contributed by atoms with E-state index in [1.54, 1.807) is 0 Å². The first kappa shape index (κ1) is 15.3. The SMILES string of the molecule is CCC1CNC(C)(CC)CN1c1c(Br)cccc1Br. The number of halogens is 2. The molecule has 0 radical (unpaired) electrons. The fraction of sp³-hybridized carbons (Fsp3) is 0.600. The van der Waals surface area contributed by atoms with E-state index in [0.29, 0.717) is 6.04 Å². The summed E-state index contributed by atoms with van der Waals surface area (Å²) in [6.45, 7) is 8.93. The van der Waals surface area contributed by atoms with Gasteiger partial charge in [-0.1, -0.05) is 19.9 Å². The molecule has 1 aromatic carbocycles. The quantitative estimate of drug-likeness (QED) is 0.814. The van der Waals surface area contributed by atoms with Gasteiger partial charge in [0.15, 0.2) is 0 Å². The highest BCUT2D eigenvalue weighted by atomic mass is 79.9. The monoisotopic (exact) mass is 388 g/mol. The van der Waals surface area contributed by atoms with Crippen molar-refractivity contribution in [2.24, 2.45) is 0 Å². The van der Waals surface area contributed by atoms with Crippen LogP contribution in [0.3, 0.4) is 0 Å². The summed E-state index contributed by atoms with van der Waals surface area (Å²) in [7, 11) is 0. The molecule has 1 aliphatic heterocycles. The van der Waals surface area contributed by atoms with Gasteiger partial charge in [0.1, 0.15) is 0 Å². The third-order valence-electron chi connectivity index (χ3n) is 4.20. The van der Waals surface area contributed by atoms with Gasteiger partial charge in [0.2, 0.25) is 0 Å². The van der Waals surface area contributed by atoms with Crippen LogP contribution in [-0.2, 0) is 0 Å². The smallest absolute Gasteiger partial charge is 0.0658 e. The number of rotatable bonds is 3. The molecule has 0 spiro atoms. The summed E-state index contributed by atoms with van der Waals surface area (Å²) < 4.78 is 2.33. The number of hydrogen-bond acceptors (Lipinski definition) is 2. The largest absolute Gasteiger partial charge is 0.364 e. The minimum atomic E-state index is 0.195. The van der Waals surface area contributed by atoms with E-state index in [2.05, 4.69) is 81.0 Å². The van der Waals surface area contributed by atoms with E-state index in [1.165, 1.54) is 14.6 Å². The average Bonchev–Trinajstić information content (AvgIpc) is 2.39. The van der Waals surface area contributed by atoms with Crippen LogP contribution in [0.1, 0.15) is 33.6 Å². The summed E-state index contributed by atoms with van der Waals surface area (Å²) in [5.74, 6) is 0. The number of piperazine rings is 1. The van der Waals surface area contributed by atoms with Gasteiger partial charge in [-0.05, 0) is 63.8 Å². The van der Waals surface area contributed by atoms with Crippen molar-refractivity contribution in [1.29, 1.82) is 0 Å². The maximum atomic E-state index is 3.71. The van der Waals surface area contributed by atoms with Gasteiger partial charge in [0.05, 0.1) is 5.69 Å². The molecule has 0 aromatic heterocycles. The molecule has 1 aromatic rings. The predicted molar refractivity (Wildman–Crippen MR) is 90.0 cm³/mol. The highest BCUT2D eigenvalue weighted by Crippen LogP contribution is 2.37. The van der Waals surface area contributed by atoms with Crippen molar-refractivity contribution in [1.82, 2.24) is 5.32 Å². The molecule has 1 heterocycles. The van der Waals surface area contributed by atoms with Crippen LogP contribution in [0.25, 0.3) is 0 Å². The van der Waals surface area contributed by atoms with Crippen molar-refractivity contribution in [2.45, 2.75) is 45.2 Å². The van der Waals surface area contributed by atoms with Crippen molar-refractivity contribution in [3.05, 3.63) is 27.1 Å². The van der Waals surface area contributed by atoms with Crippen LogP contribution in [0.15, 0.2) is 27.1 Å². The first-order valence-electron chi connectivity index (χ1n) is 6.96.